The number of fused-ring (bicyclic) bond motifs is 1. The van der Waals surface area contributed by atoms with Gasteiger partial charge >= 0.3 is 0 Å². The lowest BCUT2D eigenvalue weighted by Gasteiger charge is -2.17. The van der Waals surface area contributed by atoms with E-state index in [1.165, 1.54) is 29.7 Å². The van der Waals surface area contributed by atoms with Gasteiger partial charge in [0, 0.05) is 12.2 Å². The first kappa shape index (κ1) is 12.1. The van der Waals surface area contributed by atoms with Gasteiger partial charge in [-0.1, -0.05) is 38.5 Å². The molecule has 0 fully saturated rings. The highest BCUT2D eigenvalue weighted by Crippen LogP contribution is 2.22. The zero-order valence-electron chi connectivity index (χ0n) is 10.4. The van der Waals surface area contributed by atoms with Gasteiger partial charge < -0.3 is 5.32 Å². The van der Waals surface area contributed by atoms with Crippen molar-refractivity contribution in [3.05, 3.63) is 29.3 Å². The molecule has 1 aromatic rings. The summed E-state index contributed by atoms with van der Waals surface area (Å²) in [7, 11) is 0. The molecule has 1 heterocycles. The second-order valence-corrected chi connectivity index (χ2v) is 4.92. The molecule has 1 aliphatic heterocycles. The molecule has 1 aromatic carbocycles. The van der Waals surface area contributed by atoms with Gasteiger partial charge in [0.2, 0.25) is 0 Å². The normalized spacial score (nSPS) is 13.7. The Balaban J connectivity index is 0.000000245. The van der Waals surface area contributed by atoms with Crippen molar-refractivity contribution in [1.82, 2.24) is 0 Å². The summed E-state index contributed by atoms with van der Waals surface area (Å²) in [5, 5.41) is 3.39. The second-order valence-electron chi connectivity index (χ2n) is 4.92. The summed E-state index contributed by atoms with van der Waals surface area (Å²) in [4.78, 5) is 0. The largest absolute Gasteiger partial charge is 0.385 e. The number of nitrogens with one attached hydrogen (secondary N) is 1. The Bertz CT molecular complexity index is 299. The van der Waals surface area contributed by atoms with Crippen LogP contribution in [0.15, 0.2) is 18.2 Å². The lowest BCUT2D eigenvalue weighted by molar-refractivity contribution is 0.737. The van der Waals surface area contributed by atoms with Crippen molar-refractivity contribution in [1.29, 1.82) is 0 Å². The monoisotopic (exact) mass is 205 g/mol. The van der Waals surface area contributed by atoms with E-state index >= 15 is 0 Å². The van der Waals surface area contributed by atoms with Crippen LogP contribution in [-0.4, -0.2) is 6.54 Å². The fraction of sp³-hybridized carbons (Fsp3) is 0.571. The third kappa shape index (κ3) is 4.37. The number of benzene rings is 1. The zero-order valence-corrected chi connectivity index (χ0v) is 10.4. The molecule has 1 heteroatoms. The summed E-state index contributed by atoms with van der Waals surface area (Å²) in [6, 6.07) is 6.63. The number of aryl methyl sites for hydroxylation is 2. The Morgan fingerprint density at radius 2 is 1.87 bits per heavy atom. The minimum atomic E-state index is 0.833. The summed E-state index contributed by atoms with van der Waals surface area (Å²) in [6.45, 7) is 9.78. The predicted molar refractivity (Wildman–Crippen MR) is 68.5 cm³/mol. The van der Waals surface area contributed by atoms with Crippen LogP contribution in [-0.2, 0) is 6.42 Å². The Labute approximate surface area is 93.9 Å². The third-order valence-corrected chi connectivity index (χ3v) is 2.20. The molecule has 0 aliphatic carbocycles. The van der Waals surface area contributed by atoms with Crippen molar-refractivity contribution in [2.24, 2.45) is 5.92 Å². The summed E-state index contributed by atoms with van der Waals surface area (Å²) in [5.74, 6) is 0.833. The lowest BCUT2D eigenvalue weighted by atomic mass is 10.0. The Morgan fingerprint density at radius 3 is 2.53 bits per heavy atom. The SMILES string of the molecule is CC(C)C.Cc1ccc2c(c1)CCCN2. The van der Waals surface area contributed by atoms with Gasteiger partial charge in [-0.2, -0.15) is 0 Å². The van der Waals surface area contributed by atoms with Gasteiger partial charge in [0.15, 0.2) is 0 Å². The van der Waals surface area contributed by atoms with Crippen LogP contribution in [0.3, 0.4) is 0 Å². The second kappa shape index (κ2) is 5.79. The van der Waals surface area contributed by atoms with E-state index in [9.17, 15) is 0 Å². The van der Waals surface area contributed by atoms with Gasteiger partial charge in [-0.25, -0.2) is 0 Å². The smallest absolute Gasteiger partial charge is 0.0372 e. The predicted octanol–water partition coefficient (Wildman–Crippen LogP) is 4.02. The molecule has 0 saturated heterocycles. The average molecular weight is 205 g/mol. The van der Waals surface area contributed by atoms with Crippen LogP contribution in [0.4, 0.5) is 5.69 Å². The third-order valence-electron chi connectivity index (χ3n) is 2.20. The van der Waals surface area contributed by atoms with Crippen molar-refractivity contribution in [2.75, 3.05) is 11.9 Å². The molecule has 1 nitrogen and oxygen atoms in total. The van der Waals surface area contributed by atoms with Crippen molar-refractivity contribution in [3.8, 4) is 0 Å². The molecular weight excluding hydrogens is 182 g/mol. The molecule has 0 amide bonds. The Hall–Kier alpha value is -0.980. The number of rotatable bonds is 0. The molecule has 0 saturated carbocycles. The summed E-state index contributed by atoms with van der Waals surface area (Å²) in [5.41, 5.74) is 4.19. The molecular formula is C14H23N. The maximum atomic E-state index is 3.39. The highest BCUT2D eigenvalue weighted by Gasteiger charge is 2.06. The van der Waals surface area contributed by atoms with Crippen molar-refractivity contribution in [3.63, 3.8) is 0 Å². The molecule has 0 radical (unpaired) electrons. The first-order valence-corrected chi connectivity index (χ1v) is 5.93. The summed E-state index contributed by atoms with van der Waals surface area (Å²) < 4.78 is 0. The van der Waals surface area contributed by atoms with E-state index < -0.39 is 0 Å². The van der Waals surface area contributed by atoms with E-state index in [0.29, 0.717) is 0 Å². The van der Waals surface area contributed by atoms with E-state index in [1.54, 1.807) is 0 Å². The van der Waals surface area contributed by atoms with E-state index in [2.05, 4.69) is 51.2 Å². The fourth-order valence-electron chi connectivity index (χ4n) is 1.60. The van der Waals surface area contributed by atoms with Crippen LogP contribution in [0.5, 0.6) is 0 Å². The van der Waals surface area contributed by atoms with Crippen LogP contribution in [0.25, 0.3) is 0 Å². The van der Waals surface area contributed by atoms with E-state index in [0.717, 1.165) is 12.5 Å². The maximum absolute atomic E-state index is 3.39. The minimum Gasteiger partial charge on any atom is -0.385 e. The first-order chi connectivity index (χ1) is 7.09. The van der Waals surface area contributed by atoms with Gasteiger partial charge in [-0.3, -0.25) is 0 Å². The zero-order chi connectivity index (χ0) is 11.3. The van der Waals surface area contributed by atoms with Gasteiger partial charge in [-0.05, 0) is 37.3 Å². The topological polar surface area (TPSA) is 12.0 Å². The molecule has 0 bridgehead atoms. The fourth-order valence-corrected chi connectivity index (χ4v) is 1.60. The number of anilines is 1. The number of hydrogen-bond donors (Lipinski definition) is 1. The average Bonchev–Trinajstić information content (AvgIpc) is 2.16. The molecule has 0 unspecified atom stereocenters. The van der Waals surface area contributed by atoms with Gasteiger partial charge in [0.05, 0.1) is 0 Å². The molecule has 84 valence electrons. The Kier molecular flexibility index (Phi) is 4.67. The molecule has 15 heavy (non-hydrogen) atoms. The maximum Gasteiger partial charge on any atom is 0.0372 e. The first-order valence-electron chi connectivity index (χ1n) is 5.93. The van der Waals surface area contributed by atoms with Crippen LogP contribution in [0.2, 0.25) is 0 Å². The highest BCUT2D eigenvalue weighted by molar-refractivity contribution is 5.54. The van der Waals surface area contributed by atoms with E-state index in [1.807, 2.05) is 0 Å². The van der Waals surface area contributed by atoms with Crippen molar-refractivity contribution >= 4 is 5.69 Å². The van der Waals surface area contributed by atoms with Crippen LogP contribution in [0, 0.1) is 12.8 Å². The molecule has 0 spiro atoms. The Morgan fingerprint density at radius 1 is 1.20 bits per heavy atom. The molecule has 2 rings (SSSR count). The summed E-state index contributed by atoms with van der Waals surface area (Å²) in [6.07, 6.45) is 2.51. The van der Waals surface area contributed by atoms with Crippen LogP contribution >= 0.6 is 0 Å². The highest BCUT2D eigenvalue weighted by atomic mass is 14.9. The molecule has 1 aliphatic rings. The molecule has 0 atom stereocenters. The van der Waals surface area contributed by atoms with E-state index in [4.69, 9.17) is 0 Å². The lowest BCUT2D eigenvalue weighted by Crippen LogP contribution is -2.11. The number of hydrogen-bond acceptors (Lipinski definition) is 1. The quantitative estimate of drug-likeness (QED) is 0.674. The van der Waals surface area contributed by atoms with Gasteiger partial charge in [-0.15, -0.1) is 0 Å². The standard InChI is InChI=1S/C10H13N.C4H10/c1-8-4-5-10-9(7-8)3-2-6-11-10;1-4(2)3/h4-5,7,11H,2-3,6H2,1H3;4H,1-3H3. The summed E-state index contributed by atoms with van der Waals surface area (Å²) >= 11 is 0. The van der Waals surface area contributed by atoms with Crippen molar-refractivity contribution < 1.29 is 0 Å². The van der Waals surface area contributed by atoms with Gasteiger partial charge in [0.25, 0.3) is 0 Å². The van der Waals surface area contributed by atoms with Crippen LogP contribution < -0.4 is 5.32 Å². The molecule has 0 aromatic heterocycles. The van der Waals surface area contributed by atoms with Crippen LogP contribution in [0.1, 0.15) is 38.3 Å². The molecule has 1 N–H and O–H groups in total. The minimum absolute atomic E-state index is 0.833. The van der Waals surface area contributed by atoms with Gasteiger partial charge in [0.1, 0.15) is 0 Å². The van der Waals surface area contributed by atoms with Crippen molar-refractivity contribution in [2.45, 2.75) is 40.5 Å². The van der Waals surface area contributed by atoms with E-state index in [-0.39, 0.29) is 0 Å².